The summed E-state index contributed by atoms with van der Waals surface area (Å²) in [5, 5.41) is 3.01. The molecule has 0 aromatic carbocycles. The Morgan fingerprint density at radius 1 is 1.37 bits per heavy atom. The van der Waals surface area contributed by atoms with Gasteiger partial charge in [-0.1, -0.05) is 6.92 Å². The molecule has 1 heterocycles. The fourth-order valence-corrected chi connectivity index (χ4v) is 1.78. The van der Waals surface area contributed by atoms with Gasteiger partial charge in [-0.05, 0) is 12.8 Å². The molecular weight excluding hydrogens is 268 g/mol. The predicted octanol–water partition coefficient (Wildman–Crippen LogP) is 0.617. The first kappa shape index (κ1) is 15.6. The van der Waals surface area contributed by atoms with Gasteiger partial charge in [0.25, 0.3) is 0 Å². The smallest absolute Gasteiger partial charge is 0.225 e. The number of ether oxygens (including phenoxy) is 1. The van der Waals surface area contributed by atoms with Gasteiger partial charge in [-0.2, -0.15) is 4.98 Å². The highest BCUT2D eigenvalue weighted by Gasteiger charge is 2.01. The van der Waals surface area contributed by atoms with Gasteiger partial charge in [-0.25, -0.2) is 18.1 Å². The maximum Gasteiger partial charge on any atom is 0.225 e. The van der Waals surface area contributed by atoms with Crippen molar-refractivity contribution in [1.82, 2.24) is 14.7 Å². The third kappa shape index (κ3) is 7.58. The summed E-state index contributed by atoms with van der Waals surface area (Å²) in [6.07, 6.45) is 4.33. The van der Waals surface area contributed by atoms with Crippen LogP contribution in [-0.2, 0) is 10.0 Å². The maximum absolute atomic E-state index is 10.8. The molecule has 0 radical (unpaired) electrons. The van der Waals surface area contributed by atoms with Crippen LogP contribution in [0.1, 0.15) is 19.8 Å². The SMILES string of the molecule is CCCOc1ccnc(NCCCNS(C)(=O)=O)n1. The Morgan fingerprint density at radius 3 is 2.84 bits per heavy atom. The van der Waals surface area contributed by atoms with E-state index in [0.717, 1.165) is 12.7 Å². The average Bonchev–Trinajstić information content (AvgIpc) is 2.35. The molecule has 0 aliphatic rings. The number of nitrogens with zero attached hydrogens (tertiary/aromatic N) is 2. The molecule has 0 amide bonds. The number of aromatic nitrogens is 2. The van der Waals surface area contributed by atoms with Gasteiger partial charge in [0.2, 0.25) is 21.9 Å². The summed E-state index contributed by atoms with van der Waals surface area (Å²) < 4.78 is 29.5. The molecule has 8 heteroatoms. The predicted molar refractivity (Wildman–Crippen MR) is 73.8 cm³/mol. The minimum absolute atomic E-state index is 0.387. The molecular formula is C11H20N4O3S. The van der Waals surface area contributed by atoms with Crippen molar-refractivity contribution in [3.63, 3.8) is 0 Å². The Bertz CT molecular complexity index is 479. The summed E-state index contributed by atoms with van der Waals surface area (Å²) >= 11 is 0. The van der Waals surface area contributed by atoms with Gasteiger partial charge >= 0.3 is 0 Å². The number of sulfonamides is 1. The summed E-state index contributed by atoms with van der Waals surface area (Å²) in [7, 11) is -3.12. The standard InChI is InChI=1S/C11H20N4O3S/c1-3-9-18-10-5-8-13-11(15-10)12-6-4-7-14-19(2,16)17/h5,8,14H,3-4,6-7,9H2,1-2H3,(H,12,13,15). The molecule has 0 saturated heterocycles. The van der Waals surface area contributed by atoms with Crippen LogP contribution in [0.15, 0.2) is 12.3 Å². The zero-order chi connectivity index (χ0) is 14.1. The number of nitrogens with one attached hydrogen (secondary N) is 2. The Kier molecular flexibility index (Phi) is 6.51. The van der Waals surface area contributed by atoms with E-state index in [0.29, 0.717) is 37.9 Å². The van der Waals surface area contributed by atoms with Crippen molar-refractivity contribution >= 4 is 16.0 Å². The highest BCUT2D eigenvalue weighted by molar-refractivity contribution is 7.88. The normalized spacial score (nSPS) is 11.3. The number of hydrogen-bond donors (Lipinski definition) is 2. The third-order valence-electron chi connectivity index (χ3n) is 2.09. The molecule has 19 heavy (non-hydrogen) atoms. The van der Waals surface area contributed by atoms with Crippen LogP contribution < -0.4 is 14.8 Å². The van der Waals surface area contributed by atoms with Gasteiger partial charge in [0.05, 0.1) is 12.9 Å². The second kappa shape index (κ2) is 7.90. The largest absolute Gasteiger partial charge is 0.478 e. The second-order valence-corrected chi connectivity index (χ2v) is 5.85. The van der Waals surface area contributed by atoms with Crippen molar-refractivity contribution < 1.29 is 13.2 Å². The Labute approximate surface area is 113 Å². The van der Waals surface area contributed by atoms with Gasteiger partial charge in [0.15, 0.2) is 0 Å². The van der Waals surface area contributed by atoms with Gasteiger partial charge in [0.1, 0.15) is 0 Å². The fourth-order valence-electron chi connectivity index (χ4n) is 1.26. The highest BCUT2D eigenvalue weighted by Crippen LogP contribution is 2.08. The molecule has 1 aromatic heterocycles. The van der Waals surface area contributed by atoms with Crippen LogP contribution in [0.3, 0.4) is 0 Å². The van der Waals surface area contributed by atoms with Crippen LogP contribution in [0.25, 0.3) is 0 Å². The lowest BCUT2D eigenvalue weighted by atomic mass is 10.4. The van der Waals surface area contributed by atoms with Crippen molar-refractivity contribution in [2.45, 2.75) is 19.8 Å². The monoisotopic (exact) mass is 288 g/mol. The van der Waals surface area contributed by atoms with Gasteiger partial charge in [0, 0.05) is 25.4 Å². The summed E-state index contributed by atoms with van der Waals surface area (Å²) in [5.41, 5.74) is 0. The van der Waals surface area contributed by atoms with Crippen molar-refractivity contribution in [2.75, 3.05) is 31.3 Å². The molecule has 0 unspecified atom stereocenters. The van der Waals surface area contributed by atoms with Gasteiger partial charge < -0.3 is 10.1 Å². The molecule has 0 aliphatic heterocycles. The Morgan fingerprint density at radius 2 is 2.16 bits per heavy atom. The van der Waals surface area contributed by atoms with Crippen molar-refractivity contribution in [1.29, 1.82) is 0 Å². The molecule has 2 N–H and O–H groups in total. The third-order valence-corrected chi connectivity index (χ3v) is 2.81. The molecule has 0 aliphatic carbocycles. The number of rotatable bonds is 9. The lowest BCUT2D eigenvalue weighted by Crippen LogP contribution is -2.24. The van der Waals surface area contributed by atoms with Crippen molar-refractivity contribution in [3.8, 4) is 5.88 Å². The first-order chi connectivity index (χ1) is 9.01. The Balaban J connectivity index is 2.29. The molecule has 7 nitrogen and oxygen atoms in total. The summed E-state index contributed by atoms with van der Waals surface area (Å²) in [6.45, 7) is 3.61. The minimum Gasteiger partial charge on any atom is -0.478 e. The molecule has 108 valence electrons. The van der Waals surface area contributed by atoms with E-state index in [-0.39, 0.29) is 0 Å². The van der Waals surface area contributed by atoms with Crippen LogP contribution in [0, 0.1) is 0 Å². The molecule has 0 atom stereocenters. The first-order valence-electron chi connectivity index (χ1n) is 6.15. The van der Waals surface area contributed by atoms with E-state index in [4.69, 9.17) is 4.74 Å². The quantitative estimate of drug-likeness (QED) is 0.647. The zero-order valence-corrected chi connectivity index (χ0v) is 12.0. The minimum atomic E-state index is -3.12. The lowest BCUT2D eigenvalue weighted by Gasteiger charge is -2.07. The first-order valence-corrected chi connectivity index (χ1v) is 8.05. The lowest BCUT2D eigenvalue weighted by molar-refractivity contribution is 0.305. The molecule has 0 spiro atoms. The van der Waals surface area contributed by atoms with Crippen LogP contribution in [0.4, 0.5) is 5.95 Å². The molecule has 0 fully saturated rings. The van der Waals surface area contributed by atoms with E-state index in [1.165, 1.54) is 0 Å². The van der Waals surface area contributed by atoms with E-state index in [9.17, 15) is 8.42 Å². The van der Waals surface area contributed by atoms with Crippen LogP contribution in [0.5, 0.6) is 5.88 Å². The van der Waals surface area contributed by atoms with Crippen molar-refractivity contribution in [2.24, 2.45) is 0 Å². The van der Waals surface area contributed by atoms with Crippen LogP contribution >= 0.6 is 0 Å². The number of anilines is 1. The summed E-state index contributed by atoms with van der Waals surface area (Å²) in [4.78, 5) is 8.23. The average molecular weight is 288 g/mol. The zero-order valence-electron chi connectivity index (χ0n) is 11.2. The van der Waals surface area contributed by atoms with E-state index in [1.807, 2.05) is 6.92 Å². The van der Waals surface area contributed by atoms with Crippen LogP contribution in [-0.4, -0.2) is 44.3 Å². The molecule has 1 aromatic rings. The van der Waals surface area contributed by atoms with Crippen molar-refractivity contribution in [3.05, 3.63) is 12.3 Å². The number of hydrogen-bond acceptors (Lipinski definition) is 6. The van der Waals surface area contributed by atoms with E-state index in [2.05, 4.69) is 20.0 Å². The Hall–Kier alpha value is -1.41. The van der Waals surface area contributed by atoms with Crippen LogP contribution in [0.2, 0.25) is 0 Å². The fraction of sp³-hybridized carbons (Fsp3) is 0.636. The molecule has 0 bridgehead atoms. The van der Waals surface area contributed by atoms with E-state index >= 15 is 0 Å². The molecule has 0 saturated carbocycles. The van der Waals surface area contributed by atoms with E-state index in [1.54, 1.807) is 12.3 Å². The maximum atomic E-state index is 10.8. The van der Waals surface area contributed by atoms with Gasteiger partial charge in [-0.15, -0.1) is 0 Å². The second-order valence-electron chi connectivity index (χ2n) is 4.01. The summed E-state index contributed by atoms with van der Waals surface area (Å²) in [6, 6.07) is 1.70. The van der Waals surface area contributed by atoms with E-state index < -0.39 is 10.0 Å². The summed E-state index contributed by atoms with van der Waals surface area (Å²) in [5.74, 6) is 1.02. The molecule has 1 rings (SSSR count). The van der Waals surface area contributed by atoms with Gasteiger partial charge in [-0.3, -0.25) is 0 Å². The topological polar surface area (TPSA) is 93.2 Å². The highest BCUT2D eigenvalue weighted by atomic mass is 32.2.